The van der Waals surface area contributed by atoms with E-state index in [0.29, 0.717) is 17.8 Å². The fourth-order valence-electron chi connectivity index (χ4n) is 1.97. The molecule has 0 saturated heterocycles. The molecule has 1 heterocycles. The van der Waals surface area contributed by atoms with Crippen LogP contribution in [0.4, 0.5) is 5.69 Å². The van der Waals surface area contributed by atoms with Gasteiger partial charge in [0.2, 0.25) is 0 Å². The summed E-state index contributed by atoms with van der Waals surface area (Å²) in [6.45, 7) is 3.73. The van der Waals surface area contributed by atoms with E-state index in [2.05, 4.69) is 10.4 Å². The van der Waals surface area contributed by atoms with Crippen LogP contribution in [0.25, 0.3) is 5.69 Å². The Labute approximate surface area is 123 Å². The molecule has 0 aliphatic rings. The van der Waals surface area contributed by atoms with Gasteiger partial charge in [0, 0.05) is 24.0 Å². The Bertz CT molecular complexity index is 634. The third-order valence-electron chi connectivity index (χ3n) is 3.15. The second-order valence-corrected chi connectivity index (χ2v) is 5.55. The number of aromatic nitrogens is 2. The summed E-state index contributed by atoms with van der Waals surface area (Å²) < 4.78 is 1.60. The number of amides is 1. The molecule has 1 amide bonds. The van der Waals surface area contributed by atoms with E-state index < -0.39 is 5.54 Å². The van der Waals surface area contributed by atoms with Crippen molar-refractivity contribution in [2.45, 2.75) is 25.8 Å². The molecule has 21 heavy (non-hydrogen) atoms. The largest absolute Gasteiger partial charge is 0.399 e. The SMILES string of the molecule is CC(C)(CCO)NC(=O)c1ccn(-c2cccc(N)c2)n1. The zero-order valence-electron chi connectivity index (χ0n) is 12.2. The van der Waals surface area contributed by atoms with Crippen LogP contribution >= 0.6 is 0 Å². The maximum absolute atomic E-state index is 12.2. The first-order valence-electron chi connectivity index (χ1n) is 6.76. The number of benzene rings is 1. The van der Waals surface area contributed by atoms with Crippen molar-refractivity contribution in [2.24, 2.45) is 0 Å². The summed E-state index contributed by atoms with van der Waals surface area (Å²) in [5.74, 6) is -0.267. The average Bonchev–Trinajstić information content (AvgIpc) is 2.87. The summed E-state index contributed by atoms with van der Waals surface area (Å²) in [5.41, 5.74) is 7.01. The van der Waals surface area contributed by atoms with Crippen LogP contribution in [0.5, 0.6) is 0 Å². The van der Waals surface area contributed by atoms with Gasteiger partial charge in [0.15, 0.2) is 5.69 Å². The van der Waals surface area contributed by atoms with Gasteiger partial charge in [-0.2, -0.15) is 5.10 Å². The van der Waals surface area contributed by atoms with Gasteiger partial charge < -0.3 is 16.2 Å². The first-order valence-corrected chi connectivity index (χ1v) is 6.76. The highest BCUT2D eigenvalue weighted by atomic mass is 16.3. The molecular formula is C15H20N4O2. The zero-order valence-corrected chi connectivity index (χ0v) is 12.2. The van der Waals surface area contributed by atoms with Crippen molar-refractivity contribution in [1.29, 1.82) is 0 Å². The summed E-state index contributed by atoms with van der Waals surface area (Å²) in [7, 11) is 0. The summed E-state index contributed by atoms with van der Waals surface area (Å²) in [6, 6.07) is 8.91. The third kappa shape index (κ3) is 3.82. The second-order valence-electron chi connectivity index (χ2n) is 5.55. The second kappa shape index (κ2) is 5.97. The quantitative estimate of drug-likeness (QED) is 0.724. The van der Waals surface area contributed by atoms with Gasteiger partial charge >= 0.3 is 0 Å². The highest BCUT2D eigenvalue weighted by Gasteiger charge is 2.21. The Morgan fingerprint density at radius 2 is 2.19 bits per heavy atom. The number of nitrogens with two attached hydrogens (primary N) is 1. The summed E-state index contributed by atoms with van der Waals surface area (Å²) in [5, 5.41) is 16.1. The number of nitrogens with one attached hydrogen (secondary N) is 1. The summed E-state index contributed by atoms with van der Waals surface area (Å²) >= 11 is 0. The number of aliphatic hydroxyl groups excluding tert-OH is 1. The van der Waals surface area contributed by atoms with Crippen molar-refractivity contribution in [2.75, 3.05) is 12.3 Å². The lowest BCUT2D eigenvalue weighted by molar-refractivity contribution is 0.0894. The van der Waals surface area contributed by atoms with Gasteiger partial charge in [0.05, 0.1) is 5.69 Å². The minimum absolute atomic E-state index is 0.0189. The Morgan fingerprint density at radius 3 is 2.86 bits per heavy atom. The number of hydrogen-bond donors (Lipinski definition) is 3. The third-order valence-corrected chi connectivity index (χ3v) is 3.15. The van der Waals surface area contributed by atoms with Crippen LogP contribution in [-0.2, 0) is 0 Å². The van der Waals surface area contributed by atoms with Gasteiger partial charge in [-0.3, -0.25) is 4.79 Å². The van der Waals surface area contributed by atoms with Crippen molar-refractivity contribution in [3.05, 3.63) is 42.2 Å². The Morgan fingerprint density at radius 1 is 1.43 bits per heavy atom. The predicted octanol–water partition coefficient (Wildman–Crippen LogP) is 1.35. The van der Waals surface area contributed by atoms with Crippen LogP contribution in [-0.4, -0.2) is 32.9 Å². The van der Waals surface area contributed by atoms with Crippen molar-refractivity contribution in [1.82, 2.24) is 15.1 Å². The van der Waals surface area contributed by atoms with Crippen molar-refractivity contribution >= 4 is 11.6 Å². The van der Waals surface area contributed by atoms with E-state index >= 15 is 0 Å². The summed E-state index contributed by atoms with van der Waals surface area (Å²) in [4.78, 5) is 12.2. The first kappa shape index (κ1) is 15.1. The maximum Gasteiger partial charge on any atom is 0.272 e. The van der Waals surface area contributed by atoms with Crippen molar-refractivity contribution in [3.8, 4) is 5.69 Å². The smallest absolute Gasteiger partial charge is 0.272 e. The molecule has 0 radical (unpaired) electrons. The van der Waals surface area contributed by atoms with E-state index in [9.17, 15) is 4.79 Å². The van der Waals surface area contributed by atoms with Crippen LogP contribution in [0.3, 0.4) is 0 Å². The van der Waals surface area contributed by atoms with Gasteiger partial charge in [-0.05, 0) is 44.5 Å². The van der Waals surface area contributed by atoms with Gasteiger partial charge in [0.25, 0.3) is 5.91 Å². The Balaban J connectivity index is 2.14. The van der Waals surface area contributed by atoms with Crippen molar-refractivity contribution < 1.29 is 9.90 Å². The molecule has 0 saturated carbocycles. The number of nitrogens with zero attached hydrogens (tertiary/aromatic N) is 2. The molecule has 0 fully saturated rings. The lowest BCUT2D eigenvalue weighted by Crippen LogP contribution is -2.44. The Hall–Kier alpha value is -2.34. The van der Waals surface area contributed by atoms with E-state index in [1.54, 1.807) is 29.1 Å². The summed E-state index contributed by atoms with van der Waals surface area (Å²) in [6.07, 6.45) is 2.19. The zero-order chi connectivity index (χ0) is 15.5. The van der Waals surface area contributed by atoms with E-state index in [4.69, 9.17) is 10.8 Å². The molecule has 4 N–H and O–H groups in total. The average molecular weight is 288 g/mol. The molecule has 2 aromatic rings. The van der Waals surface area contributed by atoms with E-state index in [1.807, 2.05) is 26.0 Å². The number of carbonyl (C=O) groups is 1. The van der Waals surface area contributed by atoms with Crippen LogP contribution in [0, 0.1) is 0 Å². The molecule has 0 aliphatic heterocycles. The molecule has 6 heteroatoms. The molecule has 0 aliphatic carbocycles. The molecule has 0 atom stereocenters. The fourth-order valence-corrected chi connectivity index (χ4v) is 1.97. The van der Waals surface area contributed by atoms with Gasteiger partial charge in [0.1, 0.15) is 0 Å². The first-order chi connectivity index (χ1) is 9.91. The normalized spacial score (nSPS) is 11.4. The Kier molecular flexibility index (Phi) is 4.28. The number of nitrogen functional groups attached to an aromatic ring is 1. The number of hydrogen-bond acceptors (Lipinski definition) is 4. The molecule has 2 rings (SSSR count). The van der Waals surface area contributed by atoms with Gasteiger partial charge in [-0.1, -0.05) is 6.07 Å². The standard InChI is InChI=1S/C15H20N4O2/c1-15(2,7-9-20)17-14(21)13-6-8-19(18-13)12-5-3-4-11(16)10-12/h3-6,8,10,20H,7,9,16H2,1-2H3,(H,17,21). The topological polar surface area (TPSA) is 93.2 Å². The molecule has 0 spiro atoms. The van der Waals surface area contributed by atoms with Crippen LogP contribution < -0.4 is 11.1 Å². The molecular weight excluding hydrogens is 268 g/mol. The highest BCUT2D eigenvalue weighted by Crippen LogP contribution is 2.13. The number of carbonyl (C=O) groups excluding carboxylic acids is 1. The molecule has 0 bridgehead atoms. The lowest BCUT2D eigenvalue weighted by Gasteiger charge is -2.24. The van der Waals surface area contributed by atoms with Crippen LogP contribution in [0.2, 0.25) is 0 Å². The van der Waals surface area contributed by atoms with Crippen molar-refractivity contribution in [3.63, 3.8) is 0 Å². The molecule has 0 unspecified atom stereocenters. The van der Waals surface area contributed by atoms with Crippen LogP contribution in [0.1, 0.15) is 30.8 Å². The number of anilines is 1. The van der Waals surface area contributed by atoms with Gasteiger partial charge in [-0.15, -0.1) is 0 Å². The minimum Gasteiger partial charge on any atom is -0.399 e. The van der Waals surface area contributed by atoms with E-state index in [-0.39, 0.29) is 12.5 Å². The van der Waals surface area contributed by atoms with E-state index in [1.165, 1.54) is 0 Å². The molecule has 1 aromatic heterocycles. The number of aliphatic hydroxyl groups is 1. The highest BCUT2D eigenvalue weighted by molar-refractivity contribution is 5.92. The van der Waals surface area contributed by atoms with E-state index in [0.717, 1.165) is 5.69 Å². The van der Waals surface area contributed by atoms with Crippen LogP contribution in [0.15, 0.2) is 36.5 Å². The molecule has 6 nitrogen and oxygen atoms in total. The maximum atomic E-state index is 12.2. The molecule has 1 aromatic carbocycles. The molecule has 112 valence electrons. The number of rotatable bonds is 5. The minimum atomic E-state index is -0.479. The lowest BCUT2D eigenvalue weighted by atomic mass is 10.0. The predicted molar refractivity (Wildman–Crippen MR) is 81.2 cm³/mol. The monoisotopic (exact) mass is 288 g/mol. The fraction of sp³-hybridized carbons (Fsp3) is 0.333. The van der Waals surface area contributed by atoms with Gasteiger partial charge in [-0.25, -0.2) is 4.68 Å².